The first kappa shape index (κ1) is 27.0. The average molecular weight is 476 g/mol. The van der Waals surface area contributed by atoms with E-state index in [4.69, 9.17) is 21.1 Å². The Bertz CT molecular complexity index is 829. The molecule has 1 N–H and O–H groups in total. The Morgan fingerprint density at radius 1 is 1.00 bits per heavy atom. The van der Waals surface area contributed by atoms with Gasteiger partial charge in [-0.1, -0.05) is 63.5 Å². The van der Waals surface area contributed by atoms with E-state index in [0.717, 1.165) is 19.4 Å². The van der Waals surface area contributed by atoms with Gasteiger partial charge >= 0.3 is 0 Å². The molecule has 0 saturated heterocycles. The molecule has 1 amide bonds. The summed E-state index contributed by atoms with van der Waals surface area (Å²) in [7, 11) is 0. The molecule has 1 aromatic heterocycles. The van der Waals surface area contributed by atoms with Crippen LogP contribution in [0.15, 0.2) is 42.7 Å². The van der Waals surface area contributed by atoms with Gasteiger partial charge in [0.05, 0.1) is 11.6 Å². The van der Waals surface area contributed by atoms with E-state index in [-0.39, 0.29) is 12.5 Å². The Morgan fingerprint density at radius 3 is 2.48 bits per heavy atom. The Labute approximate surface area is 204 Å². The van der Waals surface area contributed by atoms with Crippen molar-refractivity contribution in [3.05, 3.63) is 53.3 Å². The number of aryl methyl sites for hydroxylation is 1. The van der Waals surface area contributed by atoms with Gasteiger partial charge in [-0.2, -0.15) is 0 Å². The molecule has 0 unspecified atom stereocenters. The van der Waals surface area contributed by atoms with Crippen molar-refractivity contribution in [2.45, 2.75) is 78.2 Å². The molecule has 1 heterocycles. The van der Waals surface area contributed by atoms with Crippen molar-refractivity contribution in [1.29, 1.82) is 0 Å². The highest BCUT2D eigenvalue weighted by atomic mass is 35.5. The van der Waals surface area contributed by atoms with Gasteiger partial charge in [-0.05, 0) is 38.0 Å². The highest BCUT2D eigenvalue weighted by Gasteiger charge is 2.07. The number of hydrogen-bond donors (Lipinski definition) is 1. The second kappa shape index (κ2) is 16.4. The third kappa shape index (κ3) is 11.4. The van der Waals surface area contributed by atoms with Crippen molar-refractivity contribution in [2.24, 2.45) is 0 Å². The molecule has 0 atom stereocenters. The molecule has 5 nitrogen and oxygen atoms in total. The molecular weight excluding hydrogens is 436 g/mol. The van der Waals surface area contributed by atoms with E-state index in [9.17, 15) is 4.79 Å². The number of rotatable bonds is 17. The molecule has 0 aliphatic carbocycles. The first-order chi connectivity index (χ1) is 16.1. The molecule has 33 heavy (non-hydrogen) atoms. The van der Waals surface area contributed by atoms with Crippen LogP contribution in [0.4, 0.5) is 0 Å². The van der Waals surface area contributed by atoms with E-state index < -0.39 is 0 Å². The lowest BCUT2D eigenvalue weighted by Crippen LogP contribution is -2.33. The summed E-state index contributed by atoms with van der Waals surface area (Å²) in [6.07, 6.45) is 15.0. The maximum absolute atomic E-state index is 12.1. The summed E-state index contributed by atoms with van der Waals surface area (Å²) in [4.78, 5) is 12.1. The SMILES string of the molecule is CCCCCCCCCCOc1ccc(OCC(=O)NCCc2ccc[n+](CC)c2)cc1Cl. The van der Waals surface area contributed by atoms with Gasteiger partial charge in [0.2, 0.25) is 0 Å². The molecule has 2 aromatic rings. The fourth-order valence-electron chi connectivity index (χ4n) is 3.57. The van der Waals surface area contributed by atoms with Crippen LogP contribution in [0, 0.1) is 0 Å². The van der Waals surface area contributed by atoms with Gasteiger partial charge in [0.1, 0.15) is 18.0 Å². The van der Waals surface area contributed by atoms with Crippen LogP contribution in [0.3, 0.4) is 0 Å². The predicted molar refractivity (Wildman–Crippen MR) is 134 cm³/mol. The van der Waals surface area contributed by atoms with Crippen LogP contribution >= 0.6 is 11.6 Å². The molecule has 0 fully saturated rings. The average Bonchev–Trinajstić information content (AvgIpc) is 2.83. The number of benzene rings is 1. The first-order valence-electron chi connectivity index (χ1n) is 12.4. The quantitative estimate of drug-likeness (QED) is 0.229. The second-order valence-electron chi connectivity index (χ2n) is 8.35. The van der Waals surface area contributed by atoms with Crippen LogP contribution in [0.1, 0.15) is 70.8 Å². The van der Waals surface area contributed by atoms with Gasteiger partial charge in [-0.3, -0.25) is 4.79 Å². The number of pyridine rings is 1. The number of hydrogen-bond acceptors (Lipinski definition) is 3. The number of nitrogens with one attached hydrogen (secondary N) is 1. The van der Waals surface area contributed by atoms with Crippen molar-refractivity contribution in [3.8, 4) is 11.5 Å². The maximum Gasteiger partial charge on any atom is 0.257 e. The molecule has 6 heteroatoms. The molecule has 0 aliphatic heterocycles. The van der Waals surface area contributed by atoms with Crippen LogP contribution in [-0.2, 0) is 17.8 Å². The fraction of sp³-hybridized carbons (Fsp3) is 0.556. The molecular formula is C27H40ClN2O3+. The van der Waals surface area contributed by atoms with Gasteiger partial charge in [0, 0.05) is 24.2 Å². The summed E-state index contributed by atoms with van der Waals surface area (Å²) in [6, 6.07) is 9.38. The number of halogens is 1. The Kier molecular flexibility index (Phi) is 13.4. The fourth-order valence-corrected chi connectivity index (χ4v) is 3.80. The number of amides is 1. The minimum Gasteiger partial charge on any atom is -0.492 e. The molecule has 0 aliphatic rings. The third-order valence-corrected chi connectivity index (χ3v) is 5.84. The predicted octanol–water partition coefficient (Wildman–Crippen LogP) is 5.90. The van der Waals surface area contributed by atoms with Crippen molar-refractivity contribution < 1.29 is 18.8 Å². The summed E-state index contributed by atoms with van der Waals surface area (Å²) in [5.41, 5.74) is 1.19. The number of carbonyl (C=O) groups excluding carboxylic acids is 1. The maximum atomic E-state index is 12.1. The normalized spacial score (nSPS) is 10.8. The number of aromatic nitrogens is 1. The Morgan fingerprint density at radius 2 is 1.76 bits per heavy atom. The molecule has 182 valence electrons. The minimum atomic E-state index is -0.152. The van der Waals surface area contributed by atoms with Gasteiger partial charge in [-0.25, -0.2) is 4.57 Å². The zero-order valence-electron chi connectivity index (χ0n) is 20.3. The standard InChI is InChI=1S/C27H39ClN2O3/c1-3-5-6-7-8-9-10-11-19-32-26-15-14-24(20-25(26)28)33-22-27(31)29-17-16-23-13-12-18-30(4-2)21-23/h12-15,18,20-21H,3-11,16-17,19,22H2,1-2H3/p+1. The van der Waals surface area contributed by atoms with E-state index in [1.54, 1.807) is 18.2 Å². The Hall–Kier alpha value is -2.27. The van der Waals surface area contributed by atoms with Crippen LogP contribution in [0.5, 0.6) is 11.5 Å². The monoisotopic (exact) mass is 475 g/mol. The van der Waals surface area contributed by atoms with E-state index in [1.165, 1.54) is 50.5 Å². The van der Waals surface area contributed by atoms with Crippen LogP contribution < -0.4 is 19.4 Å². The zero-order chi connectivity index (χ0) is 23.7. The topological polar surface area (TPSA) is 51.4 Å². The number of carbonyl (C=O) groups is 1. The molecule has 2 rings (SSSR count). The summed E-state index contributed by atoms with van der Waals surface area (Å²) in [6.45, 7) is 6.47. The smallest absolute Gasteiger partial charge is 0.257 e. The lowest BCUT2D eigenvalue weighted by Gasteiger charge is -2.11. The lowest BCUT2D eigenvalue weighted by molar-refractivity contribution is -0.694. The van der Waals surface area contributed by atoms with Gasteiger partial charge in [-0.15, -0.1) is 0 Å². The third-order valence-electron chi connectivity index (χ3n) is 5.55. The van der Waals surface area contributed by atoms with E-state index in [0.29, 0.717) is 29.7 Å². The Balaban J connectivity index is 1.60. The van der Waals surface area contributed by atoms with Crippen molar-refractivity contribution in [2.75, 3.05) is 19.8 Å². The van der Waals surface area contributed by atoms with E-state index >= 15 is 0 Å². The number of nitrogens with zero attached hydrogens (tertiary/aromatic N) is 1. The van der Waals surface area contributed by atoms with Crippen LogP contribution in [-0.4, -0.2) is 25.7 Å². The first-order valence-corrected chi connectivity index (χ1v) is 12.8. The number of unbranched alkanes of at least 4 members (excludes halogenated alkanes) is 7. The van der Waals surface area contributed by atoms with E-state index in [2.05, 4.69) is 36.0 Å². The molecule has 1 aromatic carbocycles. The summed E-state index contributed by atoms with van der Waals surface area (Å²) >= 11 is 6.32. The van der Waals surface area contributed by atoms with Crippen LogP contribution in [0.25, 0.3) is 0 Å². The molecule has 0 radical (unpaired) electrons. The van der Waals surface area contributed by atoms with Crippen molar-refractivity contribution in [3.63, 3.8) is 0 Å². The van der Waals surface area contributed by atoms with Gasteiger partial charge in [0.15, 0.2) is 19.0 Å². The highest BCUT2D eigenvalue weighted by molar-refractivity contribution is 6.32. The highest BCUT2D eigenvalue weighted by Crippen LogP contribution is 2.29. The van der Waals surface area contributed by atoms with E-state index in [1.807, 2.05) is 12.3 Å². The zero-order valence-corrected chi connectivity index (χ0v) is 21.0. The summed E-state index contributed by atoms with van der Waals surface area (Å²) in [5.74, 6) is 1.06. The number of ether oxygens (including phenoxy) is 2. The molecule has 0 bridgehead atoms. The summed E-state index contributed by atoms with van der Waals surface area (Å²) in [5, 5.41) is 3.39. The van der Waals surface area contributed by atoms with Crippen LogP contribution in [0.2, 0.25) is 5.02 Å². The largest absolute Gasteiger partial charge is 0.492 e. The van der Waals surface area contributed by atoms with Gasteiger partial charge in [0.25, 0.3) is 5.91 Å². The molecule has 0 spiro atoms. The second-order valence-corrected chi connectivity index (χ2v) is 8.75. The lowest BCUT2D eigenvalue weighted by atomic mass is 10.1. The molecule has 0 saturated carbocycles. The summed E-state index contributed by atoms with van der Waals surface area (Å²) < 4.78 is 13.5. The van der Waals surface area contributed by atoms with Crippen molar-refractivity contribution >= 4 is 17.5 Å². The minimum absolute atomic E-state index is 0.0431. The van der Waals surface area contributed by atoms with Crippen molar-refractivity contribution in [1.82, 2.24) is 5.32 Å². The van der Waals surface area contributed by atoms with Gasteiger partial charge < -0.3 is 14.8 Å².